The van der Waals surface area contributed by atoms with Crippen molar-refractivity contribution >= 4 is 16.9 Å². The molecular formula is C10H11N3O2. The Morgan fingerprint density at radius 3 is 2.87 bits per heavy atom. The number of primary amides is 1. The van der Waals surface area contributed by atoms with Gasteiger partial charge in [0.05, 0.1) is 18.1 Å². The number of hydrogen-bond donors (Lipinski definition) is 1. The molecule has 0 spiro atoms. The summed E-state index contributed by atoms with van der Waals surface area (Å²) in [4.78, 5) is 15.2. The number of hydrogen-bond acceptors (Lipinski definition) is 3. The fourth-order valence-electron chi connectivity index (χ4n) is 1.51. The number of aryl methyl sites for hydroxylation is 1. The molecule has 0 saturated carbocycles. The minimum Gasteiger partial charge on any atom is -0.468 e. The first-order chi connectivity index (χ1) is 7.13. The lowest BCUT2D eigenvalue weighted by atomic mass is 10.2. The third-order valence-electron chi connectivity index (χ3n) is 2.31. The molecule has 2 N–H and O–H groups in total. The van der Waals surface area contributed by atoms with E-state index in [-0.39, 0.29) is 0 Å². The first kappa shape index (κ1) is 9.51. The highest BCUT2D eigenvalue weighted by atomic mass is 16.5. The number of carbonyl (C=O) groups is 1. The maximum atomic E-state index is 11.0. The minimum absolute atomic E-state index is 0.447. The third kappa shape index (κ3) is 1.41. The summed E-state index contributed by atoms with van der Waals surface area (Å²) in [5.74, 6) is -0.457. The van der Waals surface area contributed by atoms with E-state index in [4.69, 9.17) is 10.5 Å². The van der Waals surface area contributed by atoms with E-state index >= 15 is 0 Å². The van der Waals surface area contributed by atoms with Crippen LogP contribution in [-0.4, -0.2) is 22.6 Å². The molecule has 0 saturated heterocycles. The van der Waals surface area contributed by atoms with Crippen LogP contribution in [0.2, 0.25) is 0 Å². The van der Waals surface area contributed by atoms with E-state index < -0.39 is 5.91 Å². The predicted octanol–water partition coefficient (Wildman–Crippen LogP) is 0.681. The predicted molar refractivity (Wildman–Crippen MR) is 55.8 cm³/mol. The zero-order valence-corrected chi connectivity index (χ0v) is 8.52. The maximum absolute atomic E-state index is 11.0. The Morgan fingerprint density at radius 1 is 1.53 bits per heavy atom. The molecule has 0 radical (unpaired) electrons. The fraction of sp³-hybridized carbons (Fsp3) is 0.200. The second kappa shape index (κ2) is 3.27. The second-order valence-electron chi connectivity index (χ2n) is 3.23. The van der Waals surface area contributed by atoms with Crippen LogP contribution in [0, 0.1) is 0 Å². The third-order valence-corrected chi connectivity index (χ3v) is 2.31. The summed E-state index contributed by atoms with van der Waals surface area (Å²) >= 11 is 0. The van der Waals surface area contributed by atoms with Gasteiger partial charge in [0.25, 0.3) is 6.01 Å². The summed E-state index contributed by atoms with van der Waals surface area (Å²) in [6, 6.07) is 5.63. The van der Waals surface area contributed by atoms with E-state index in [0.29, 0.717) is 17.1 Å². The number of imidazole rings is 1. The quantitative estimate of drug-likeness (QED) is 0.783. The monoisotopic (exact) mass is 205 g/mol. The summed E-state index contributed by atoms with van der Waals surface area (Å²) in [7, 11) is 3.40. The van der Waals surface area contributed by atoms with Gasteiger partial charge in [0, 0.05) is 12.6 Å². The summed E-state index contributed by atoms with van der Waals surface area (Å²) in [6.07, 6.45) is 0. The first-order valence-electron chi connectivity index (χ1n) is 4.43. The average molecular weight is 205 g/mol. The lowest BCUT2D eigenvalue weighted by Gasteiger charge is -1.98. The Labute approximate surface area is 86.5 Å². The van der Waals surface area contributed by atoms with Crippen LogP contribution < -0.4 is 10.5 Å². The molecule has 0 unspecified atom stereocenters. The highest BCUT2D eigenvalue weighted by Crippen LogP contribution is 2.20. The van der Waals surface area contributed by atoms with Crippen LogP contribution in [0.4, 0.5) is 0 Å². The number of benzene rings is 1. The summed E-state index contributed by atoms with van der Waals surface area (Å²) in [5.41, 5.74) is 7.22. The molecule has 5 heteroatoms. The first-order valence-corrected chi connectivity index (χ1v) is 4.43. The van der Waals surface area contributed by atoms with Crippen molar-refractivity contribution in [3.63, 3.8) is 0 Å². The topological polar surface area (TPSA) is 70.1 Å². The number of rotatable bonds is 2. The van der Waals surface area contributed by atoms with Gasteiger partial charge in [-0.2, -0.15) is 4.98 Å². The minimum atomic E-state index is -0.457. The highest BCUT2D eigenvalue weighted by Gasteiger charge is 2.09. The number of aromatic nitrogens is 2. The van der Waals surface area contributed by atoms with Crippen LogP contribution >= 0.6 is 0 Å². The molecular weight excluding hydrogens is 194 g/mol. The van der Waals surface area contributed by atoms with Gasteiger partial charge in [-0.05, 0) is 18.2 Å². The molecule has 0 bridgehead atoms. The molecule has 0 atom stereocenters. The summed E-state index contributed by atoms with van der Waals surface area (Å²) in [6.45, 7) is 0. The average Bonchev–Trinajstić information content (AvgIpc) is 2.55. The summed E-state index contributed by atoms with van der Waals surface area (Å²) in [5, 5.41) is 0. The smallest absolute Gasteiger partial charge is 0.296 e. The Balaban J connectivity index is 2.68. The van der Waals surface area contributed by atoms with Crippen molar-refractivity contribution in [1.82, 2.24) is 9.55 Å². The van der Waals surface area contributed by atoms with Crippen LogP contribution in [0.3, 0.4) is 0 Å². The van der Waals surface area contributed by atoms with Crippen molar-refractivity contribution in [3.8, 4) is 6.01 Å². The van der Waals surface area contributed by atoms with Gasteiger partial charge >= 0.3 is 0 Å². The fourth-order valence-corrected chi connectivity index (χ4v) is 1.51. The molecule has 1 aromatic heterocycles. The van der Waals surface area contributed by atoms with Gasteiger partial charge in [0.1, 0.15) is 0 Å². The molecule has 78 valence electrons. The van der Waals surface area contributed by atoms with Crippen molar-refractivity contribution in [2.75, 3.05) is 7.11 Å². The van der Waals surface area contributed by atoms with Crippen molar-refractivity contribution in [2.24, 2.45) is 12.8 Å². The number of fused-ring (bicyclic) bond motifs is 1. The van der Waals surface area contributed by atoms with Gasteiger partial charge in [0.2, 0.25) is 5.91 Å². The SMILES string of the molecule is COc1nc2cc(C(N)=O)ccc2n1C. The van der Waals surface area contributed by atoms with Crippen molar-refractivity contribution in [3.05, 3.63) is 23.8 Å². The van der Waals surface area contributed by atoms with E-state index in [9.17, 15) is 4.79 Å². The zero-order chi connectivity index (χ0) is 11.0. The Kier molecular flexibility index (Phi) is 2.07. The van der Waals surface area contributed by atoms with E-state index in [2.05, 4.69) is 4.98 Å². The van der Waals surface area contributed by atoms with Gasteiger partial charge < -0.3 is 10.5 Å². The van der Waals surface area contributed by atoms with Gasteiger partial charge in [0.15, 0.2) is 0 Å². The van der Waals surface area contributed by atoms with Crippen molar-refractivity contribution < 1.29 is 9.53 Å². The molecule has 0 aliphatic heterocycles. The van der Waals surface area contributed by atoms with E-state index in [1.807, 2.05) is 7.05 Å². The van der Waals surface area contributed by atoms with E-state index in [1.165, 1.54) is 0 Å². The van der Waals surface area contributed by atoms with Crippen LogP contribution in [-0.2, 0) is 7.05 Å². The molecule has 5 nitrogen and oxygen atoms in total. The number of nitrogens with zero attached hydrogens (tertiary/aromatic N) is 2. The molecule has 1 amide bonds. The Bertz CT molecular complexity index is 531. The molecule has 0 aliphatic rings. The summed E-state index contributed by atoms with van der Waals surface area (Å²) < 4.78 is 6.87. The number of nitrogens with two attached hydrogens (primary N) is 1. The second-order valence-corrected chi connectivity index (χ2v) is 3.23. The van der Waals surface area contributed by atoms with E-state index in [0.717, 1.165) is 5.52 Å². The number of methoxy groups -OCH3 is 1. The zero-order valence-electron chi connectivity index (χ0n) is 8.52. The van der Waals surface area contributed by atoms with Gasteiger partial charge in [-0.25, -0.2) is 0 Å². The van der Waals surface area contributed by atoms with Crippen LogP contribution in [0.15, 0.2) is 18.2 Å². The molecule has 0 aliphatic carbocycles. The van der Waals surface area contributed by atoms with Crippen LogP contribution in [0.25, 0.3) is 11.0 Å². The molecule has 2 rings (SSSR count). The van der Waals surface area contributed by atoms with Crippen LogP contribution in [0.5, 0.6) is 6.01 Å². The van der Waals surface area contributed by atoms with Gasteiger partial charge in [-0.15, -0.1) is 0 Å². The standard InChI is InChI=1S/C10H11N3O2/c1-13-8-4-3-6(9(11)14)5-7(8)12-10(13)15-2/h3-5H,1-2H3,(H2,11,14). The molecule has 15 heavy (non-hydrogen) atoms. The molecule has 0 fully saturated rings. The number of carbonyl (C=O) groups excluding carboxylic acids is 1. The lowest BCUT2D eigenvalue weighted by molar-refractivity contribution is 0.100. The normalized spacial score (nSPS) is 10.5. The number of ether oxygens (including phenoxy) is 1. The molecule has 2 aromatic rings. The van der Waals surface area contributed by atoms with Gasteiger partial charge in [-0.1, -0.05) is 0 Å². The number of amides is 1. The lowest BCUT2D eigenvalue weighted by Crippen LogP contribution is -2.10. The van der Waals surface area contributed by atoms with E-state index in [1.54, 1.807) is 29.9 Å². The largest absolute Gasteiger partial charge is 0.468 e. The maximum Gasteiger partial charge on any atom is 0.296 e. The Morgan fingerprint density at radius 2 is 2.27 bits per heavy atom. The van der Waals surface area contributed by atoms with Crippen molar-refractivity contribution in [1.29, 1.82) is 0 Å². The Hall–Kier alpha value is -2.04. The van der Waals surface area contributed by atoms with Crippen molar-refractivity contribution in [2.45, 2.75) is 0 Å². The van der Waals surface area contributed by atoms with Gasteiger partial charge in [-0.3, -0.25) is 9.36 Å². The molecule has 1 aromatic carbocycles. The molecule has 1 heterocycles. The highest BCUT2D eigenvalue weighted by molar-refractivity contribution is 5.96. The van der Waals surface area contributed by atoms with Crippen LogP contribution in [0.1, 0.15) is 10.4 Å².